The zero-order chi connectivity index (χ0) is 20.0. The maximum atomic E-state index is 12.6. The number of aldehydes is 1. The van der Waals surface area contributed by atoms with Crippen LogP contribution in [0.4, 0.5) is 19.0 Å². The molecule has 1 aromatic carbocycles. The van der Waals surface area contributed by atoms with Gasteiger partial charge >= 0.3 is 6.18 Å². The molecule has 150 valence electrons. The average Bonchev–Trinajstić information content (AvgIpc) is 2.72. The Morgan fingerprint density at radius 2 is 1.79 bits per heavy atom. The molecule has 0 aliphatic carbocycles. The molecule has 0 amide bonds. The lowest BCUT2D eigenvalue weighted by Gasteiger charge is -2.37. The summed E-state index contributed by atoms with van der Waals surface area (Å²) in [6, 6.07) is 11.8. The number of ether oxygens (including phenoxy) is 1. The fourth-order valence-electron chi connectivity index (χ4n) is 3.13. The van der Waals surface area contributed by atoms with Crippen molar-refractivity contribution in [3.63, 3.8) is 0 Å². The molecule has 1 fully saturated rings. The van der Waals surface area contributed by atoms with Crippen molar-refractivity contribution in [2.45, 2.75) is 18.8 Å². The Kier molecular flexibility index (Phi) is 6.64. The molecule has 0 bridgehead atoms. The van der Waals surface area contributed by atoms with Gasteiger partial charge in [0.2, 0.25) is 0 Å². The summed E-state index contributed by atoms with van der Waals surface area (Å²) in [5.74, 6) is 0.510. The minimum absolute atomic E-state index is 0.303. The molecular formula is C20H22F3N3O2. The van der Waals surface area contributed by atoms with Crippen LogP contribution < -0.4 is 4.90 Å². The van der Waals surface area contributed by atoms with Crippen LogP contribution in [-0.2, 0) is 22.3 Å². The Morgan fingerprint density at radius 3 is 2.36 bits per heavy atom. The standard InChI is InChI=1S/C20H22F3N3O2/c21-20(22,23)17-6-7-19(24-12-17)26-10-8-25(9-11-26)18(13-27)15-28-14-16-4-2-1-3-5-16/h1-7,12-13,18H,8-11,14-15H2. The van der Waals surface area contributed by atoms with Crippen molar-refractivity contribution in [2.24, 2.45) is 0 Å². The molecular weight excluding hydrogens is 371 g/mol. The molecule has 8 heteroatoms. The van der Waals surface area contributed by atoms with E-state index in [-0.39, 0.29) is 6.04 Å². The van der Waals surface area contributed by atoms with Crippen molar-refractivity contribution in [1.82, 2.24) is 9.88 Å². The van der Waals surface area contributed by atoms with Gasteiger partial charge in [0.25, 0.3) is 0 Å². The Bertz CT molecular complexity index is 746. The molecule has 2 heterocycles. The van der Waals surface area contributed by atoms with Gasteiger partial charge in [-0.15, -0.1) is 0 Å². The summed E-state index contributed by atoms with van der Waals surface area (Å²) in [5.41, 5.74) is 0.289. The molecule has 0 N–H and O–H groups in total. The number of halogens is 3. The number of nitrogens with zero attached hydrogens (tertiary/aromatic N) is 3. The van der Waals surface area contributed by atoms with E-state index in [0.717, 1.165) is 24.1 Å². The molecule has 2 aromatic rings. The largest absolute Gasteiger partial charge is 0.417 e. The second-order valence-corrected chi connectivity index (χ2v) is 6.63. The third-order valence-electron chi connectivity index (χ3n) is 4.74. The van der Waals surface area contributed by atoms with Crippen LogP contribution in [-0.4, -0.2) is 55.0 Å². The third kappa shape index (κ3) is 5.30. The zero-order valence-electron chi connectivity index (χ0n) is 15.3. The van der Waals surface area contributed by atoms with E-state index in [1.165, 1.54) is 6.07 Å². The summed E-state index contributed by atoms with van der Waals surface area (Å²) in [6.45, 7) is 3.14. The molecule has 1 aromatic heterocycles. The lowest BCUT2D eigenvalue weighted by atomic mass is 10.2. The van der Waals surface area contributed by atoms with Gasteiger partial charge in [0.1, 0.15) is 12.1 Å². The van der Waals surface area contributed by atoms with Crippen LogP contribution in [0.25, 0.3) is 0 Å². The van der Waals surface area contributed by atoms with Crippen molar-refractivity contribution < 1.29 is 22.7 Å². The normalized spacial score (nSPS) is 16.8. The van der Waals surface area contributed by atoms with E-state index in [2.05, 4.69) is 4.98 Å². The summed E-state index contributed by atoms with van der Waals surface area (Å²) in [7, 11) is 0. The summed E-state index contributed by atoms with van der Waals surface area (Å²) in [5, 5.41) is 0. The average molecular weight is 393 g/mol. The molecule has 1 atom stereocenters. The molecule has 1 aliphatic heterocycles. The number of carbonyl (C=O) groups is 1. The molecule has 0 saturated carbocycles. The van der Waals surface area contributed by atoms with Crippen LogP contribution in [0.1, 0.15) is 11.1 Å². The van der Waals surface area contributed by atoms with E-state index in [4.69, 9.17) is 4.74 Å². The Morgan fingerprint density at radius 1 is 1.07 bits per heavy atom. The Hall–Kier alpha value is -2.45. The molecule has 1 aliphatic rings. The number of benzene rings is 1. The number of hydrogen-bond acceptors (Lipinski definition) is 5. The molecule has 1 saturated heterocycles. The first-order chi connectivity index (χ1) is 13.5. The highest BCUT2D eigenvalue weighted by Gasteiger charge is 2.31. The van der Waals surface area contributed by atoms with Crippen molar-refractivity contribution in [2.75, 3.05) is 37.7 Å². The smallest absolute Gasteiger partial charge is 0.375 e. The van der Waals surface area contributed by atoms with Gasteiger partial charge in [-0.2, -0.15) is 13.2 Å². The molecule has 1 unspecified atom stereocenters. The van der Waals surface area contributed by atoms with Gasteiger partial charge in [0, 0.05) is 32.4 Å². The summed E-state index contributed by atoms with van der Waals surface area (Å²) < 4.78 is 43.6. The van der Waals surface area contributed by atoms with Crippen LogP contribution >= 0.6 is 0 Å². The minimum atomic E-state index is -4.39. The topological polar surface area (TPSA) is 45.7 Å². The van der Waals surface area contributed by atoms with E-state index < -0.39 is 11.7 Å². The number of piperazine rings is 1. The van der Waals surface area contributed by atoms with Crippen LogP contribution in [0.15, 0.2) is 48.7 Å². The lowest BCUT2D eigenvalue weighted by Crippen LogP contribution is -2.52. The van der Waals surface area contributed by atoms with E-state index >= 15 is 0 Å². The fraction of sp³-hybridized carbons (Fsp3) is 0.400. The second kappa shape index (κ2) is 9.16. The van der Waals surface area contributed by atoms with Crippen molar-refractivity contribution >= 4 is 12.1 Å². The van der Waals surface area contributed by atoms with Gasteiger partial charge in [-0.25, -0.2) is 4.98 Å². The van der Waals surface area contributed by atoms with Crippen LogP contribution in [0, 0.1) is 0 Å². The van der Waals surface area contributed by atoms with Gasteiger partial charge in [-0.3, -0.25) is 4.90 Å². The van der Waals surface area contributed by atoms with Crippen LogP contribution in [0.3, 0.4) is 0 Å². The van der Waals surface area contributed by atoms with Gasteiger partial charge in [-0.05, 0) is 17.7 Å². The van der Waals surface area contributed by atoms with Crippen molar-refractivity contribution in [1.29, 1.82) is 0 Å². The second-order valence-electron chi connectivity index (χ2n) is 6.63. The van der Waals surface area contributed by atoms with Crippen LogP contribution in [0.2, 0.25) is 0 Å². The van der Waals surface area contributed by atoms with E-state index in [1.54, 1.807) is 0 Å². The number of hydrogen-bond donors (Lipinski definition) is 0. The molecule has 0 spiro atoms. The summed E-state index contributed by atoms with van der Waals surface area (Å²) in [4.78, 5) is 19.4. The SMILES string of the molecule is O=CC(COCc1ccccc1)N1CCN(c2ccc(C(F)(F)F)cn2)CC1. The fourth-order valence-corrected chi connectivity index (χ4v) is 3.13. The highest BCUT2D eigenvalue weighted by molar-refractivity contribution is 5.58. The maximum Gasteiger partial charge on any atom is 0.417 e. The highest BCUT2D eigenvalue weighted by Crippen LogP contribution is 2.29. The lowest BCUT2D eigenvalue weighted by molar-refractivity contribution is -0.137. The highest BCUT2D eigenvalue weighted by atomic mass is 19.4. The number of alkyl halides is 3. The van der Waals surface area contributed by atoms with E-state index in [0.29, 0.717) is 45.2 Å². The quantitative estimate of drug-likeness (QED) is 0.677. The van der Waals surface area contributed by atoms with E-state index in [9.17, 15) is 18.0 Å². The van der Waals surface area contributed by atoms with Crippen molar-refractivity contribution in [3.05, 3.63) is 59.8 Å². The molecule has 5 nitrogen and oxygen atoms in total. The van der Waals surface area contributed by atoms with Gasteiger partial charge in [-0.1, -0.05) is 30.3 Å². The first kappa shape index (κ1) is 20.3. The number of aromatic nitrogens is 1. The zero-order valence-corrected chi connectivity index (χ0v) is 15.3. The van der Waals surface area contributed by atoms with E-state index in [1.807, 2.05) is 40.1 Å². The minimum Gasteiger partial charge on any atom is -0.375 e. The Labute approximate surface area is 161 Å². The predicted octanol–water partition coefficient (Wildman–Crippen LogP) is 3.01. The number of carbonyl (C=O) groups excluding carboxylic acids is 1. The monoisotopic (exact) mass is 393 g/mol. The van der Waals surface area contributed by atoms with Gasteiger partial charge in [0.15, 0.2) is 0 Å². The predicted molar refractivity (Wildman–Crippen MR) is 99.0 cm³/mol. The first-order valence-electron chi connectivity index (χ1n) is 9.06. The van der Waals surface area contributed by atoms with Crippen LogP contribution in [0.5, 0.6) is 0 Å². The van der Waals surface area contributed by atoms with Crippen molar-refractivity contribution in [3.8, 4) is 0 Å². The van der Waals surface area contributed by atoms with Gasteiger partial charge in [0.05, 0.1) is 24.8 Å². The summed E-state index contributed by atoms with van der Waals surface area (Å²) >= 11 is 0. The first-order valence-corrected chi connectivity index (χ1v) is 9.06. The molecule has 28 heavy (non-hydrogen) atoms. The Balaban J connectivity index is 1.48. The third-order valence-corrected chi connectivity index (χ3v) is 4.74. The number of anilines is 1. The number of pyridine rings is 1. The molecule has 0 radical (unpaired) electrons. The van der Waals surface area contributed by atoms with Gasteiger partial charge < -0.3 is 14.4 Å². The summed E-state index contributed by atoms with van der Waals surface area (Å²) in [6.07, 6.45) is -2.65. The molecule has 3 rings (SSSR count). The number of rotatable bonds is 7. The maximum absolute atomic E-state index is 12.6.